The third-order valence-corrected chi connectivity index (χ3v) is 3.77. The first-order valence-electron chi connectivity index (χ1n) is 5.16. The third-order valence-electron chi connectivity index (χ3n) is 2.21. The normalized spacial score (nSPS) is 10.9. The molecule has 1 N–H and O–H groups in total. The van der Waals surface area contributed by atoms with Crippen LogP contribution in [-0.4, -0.2) is 20.9 Å². The van der Waals surface area contributed by atoms with Crippen LogP contribution in [0.15, 0.2) is 39.8 Å². The van der Waals surface area contributed by atoms with Gasteiger partial charge in [-0.1, -0.05) is 38.9 Å². The predicted octanol–water partition coefficient (Wildman–Crippen LogP) is 3.78. The second-order valence-corrected chi connectivity index (χ2v) is 5.34. The van der Waals surface area contributed by atoms with E-state index in [0.29, 0.717) is 31.5 Å². The molecular weight excluding hydrogens is 342 g/mol. The number of thioether (sulfide) groups is 1. The maximum Gasteiger partial charge on any atom is 0.288 e. The standard InChI is InChI=1S/C11H9BrF2N2O2S/c12-8-2-1-3-9(19-11(13)14)7(8)6-18-10-4-5-16(17)15-10/h1-5,11,17H,6H2. The van der Waals surface area contributed by atoms with E-state index < -0.39 is 5.76 Å². The van der Waals surface area contributed by atoms with Crippen LogP contribution >= 0.6 is 27.7 Å². The number of hydrogen-bond donors (Lipinski definition) is 1. The molecule has 0 aliphatic rings. The number of rotatable bonds is 5. The first kappa shape index (κ1) is 14.1. The molecule has 0 spiro atoms. The monoisotopic (exact) mass is 350 g/mol. The molecule has 0 aliphatic heterocycles. The number of aromatic nitrogens is 2. The van der Waals surface area contributed by atoms with E-state index in [-0.39, 0.29) is 12.5 Å². The second-order valence-electron chi connectivity index (χ2n) is 3.46. The minimum absolute atomic E-state index is 0.0769. The number of halogens is 3. The number of alkyl halides is 2. The molecule has 0 fully saturated rings. The van der Waals surface area contributed by atoms with Gasteiger partial charge in [-0.15, -0.1) is 4.85 Å². The highest BCUT2D eigenvalue weighted by atomic mass is 79.9. The average Bonchev–Trinajstić information content (AvgIpc) is 2.73. The van der Waals surface area contributed by atoms with Gasteiger partial charge in [0.25, 0.3) is 5.76 Å². The number of hydrogen-bond acceptors (Lipinski definition) is 4. The van der Waals surface area contributed by atoms with Gasteiger partial charge in [0, 0.05) is 21.0 Å². The van der Waals surface area contributed by atoms with Crippen molar-refractivity contribution in [2.24, 2.45) is 0 Å². The number of nitrogens with zero attached hydrogens (tertiary/aromatic N) is 2. The van der Waals surface area contributed by atoms with Crippen molar-refractivity contribution in [3.8, 4) is 5.88 Å². The molecule has 0 saturated heterocycles. The van der Waals surface area contributed by atoms with Gasteiger partial charge in [0.05, 0.1) is 6.20 Å². The molecule has 4 nitrogen and oxygen atoms in total. The maximum atomic E-state index is 12.5. The number of benzene rings is 1. The Hall–Kier alpha value is -1.28. The van der Waals surface area contributed by atoms with E-state index in [1.807, 2.05) is 0 Å². The Labute approximate surface area is 120 Å². The molecule has 2 rings (SSSR count). The van der Waals surface area contributed by atoms with Gasteiger partial charge in [-0.05, 0) is 12.1 Å². The first-order valence-corrected chi connectivity index (χ1v) is 6.83. The van der Waals surface area contributed by atoms with Crippen molar-refractivity contribution in [2.45, 2.75) is 17.3 Å². The Kier molecular flexibility index (Phi) is 4.65. The highest BCUT2D eigenvalue weighted by Gasteiger charge is 2.13. The van der Waals surface area contributed by atoms with E-state index in [1.165, 1.54) is 12.3 Å². The highest BCUT2D eigenvalue weighted by molar-refractivity contribution is 9.10. The summed E-state index contributed by atoms with van der Waals surface area (Å²) in [6, 6.07) is 6.50. The fraction of sp³-hybridized carbons (Fsp3) is 0.182. The maximum absolute atomic E-state index is 12.5. The van der Waals surface area contributed by atoms with Gasteiger partial charge < -0.3 is 9.94 Å². The summed E-state index contributed by atoms with van der Waals surface area (Å²) in [5, 5.41) is 12.6. The molecule has 1 aromatic carbocycles. The summed E-state index contributed by atoms with van der Waals surface area (Å²) in [6.07, 6.45) is 1.31. The Morgan fingerprint density at radius 2 is 2.21 bits per heavy atom. The zero-order chi connectivity index (χ0) is 13.8. The zero-order valence-electron chi connectivity index (χ0n) is 9.46. The summed E-state index contributed by atoms with van der Waals surface area (Å²) in [7, 11) is 0. The van der Waals surface area contributed by atoms with Crippen LogP contribution in [0, 0.1) is 0 Å². The Bertz CT molecular complexity index is 565. The van der Waals surface area contributed by atoms with Gasteiger partial charge in [-0.3, -0.25) is 0 Å². The fourth-order valence-corrected chi connectivity index (χ4v) is 2.68. The van der Waals surface area contributed by atoms with Crippen molar-refractivity contribution < 1.29 is 18.7 Å². The summed E-state index contributed by atoms with van der Waals surface area (Å²) in [4.78, 5) is 1.05. The van der Waals surface area contributed by atoms with Gasteiger partial charge in [0.1, 0.15) is 6.61 Å². The van der Waals surface area contributed by atoms with Crippen molar-refractivity contribution in [1.82, 2.24) is 9.94 Å². The lowest BCUT2D eigenvalue weighted by Crippen LogP contribution is -2.00. The van der Waals surface area contributed by atoms with E-state index in [4.69, 9.17) is 9.94 Å². The lowest BCUT2D eigenvalue weighted by atomic mass is 10.2. The van der Waals surface area contributed by atoms with Crippen molar-refractivity contribution in [3.63, 3.8) is 0 Å². The first-order chi connectivity index (χ1) is 9.06. The minimum Gasteiger partial charge on any atom is -0.472 e. The molecule has 0 unspecified atom stereocenters. The average molecular weight is 351 g/mol. The van der Waals surface area contributed by atoms with Gasteiger partial charge in [-0.2, -0.15) is 8.78 Å². The molecule has 0 amide bonds. The minimum atomic E-state index is -2.50. The van der Waals surface area contributed by atoms with Gasteiger partial charge in [0.15, 0.2) is 0 Å². The second kappa shape index (κ2) is 6.25. The van der Waals surface area contributed by atoms with Crippen LogP contribution in [-0.2, 0) is 6.61 Å². The van der Waals surface area contributed by atoms with Crippen molar-refractivity contribution in [2.75, 3.05) is 0 Å². The van der Waals surface area contributed by atoms with E-state index in [0.717, 1.165) is 0 Å². The zero-order valence-corrected chi connectivity index (χ0v) is 11.9. The Morgan fingerprint density at radius 1 is 1.42 bits per heavy atom. The van der Waals surface area contributed by atoms with Crippen LogP contribution in [0.5, 0.6) is 5.88 Å². The molecule has 8 heteroatoms. The smallest absolute Gasteiger partial charge is 0.288 e. The fourth-order valence-electron chi connectivity index (χ4n) is 1.41. The Balaban J connectivity index is 2.14. The Morgan fingerprint density at radius 3 is 2.84 bits per heavy atom. The van der Waals surface area contributed by atoms with E-state index in [2.05, 4.69) is 21.0 Å². The van der Waals surface area contributed by atoms with Gasteiger partial charge in [-0.25, -0.2) is 0 Å². The van der Waals surface area contributed by atoms with Crippen molar-refractivity contribution >= 4 is 27.7 Å². The summed E-state index contributed by atoms with van der Waals surface area (Å²) >= 11 is 3.76. The summed E-state index contributed by atoms with van der Waals surface area (Å²) in [5.41, 5.74) is 0.611. The van der Waals surface area contributed by atoms with Crippen LogP contribution in [0.25, 0.3) is 0 Å². The summed E-state index contributed by atoms with van der Waals surface area (Å²) < 4.78 is 30.9. The molecule has 1 aromatic heterocycles. The third kappa shape index (κ3) is 3.84. The molecule has 0 bridgehead atoms. The van der Waals surface area contributed by atoms with Gasteiger partial charge >= 0.3 is 0 Å². The molecule has 0 atom stereocenters. The largest absolute Gasteiger partial charge is 0.472 e. The molecule has 2 aromatic rings. The lowest BCUT2D eigenvalue weighted by molar-refractivity contribution is 0.141. The topological polar surface area (TPSA) is 47.3 Å². The summed E-state index contributed by atoms with van der Waals surface area (Å²) in [6.45, 7) is 0.0769. The van der Waals surface area contributed by atoms with Crippen molar-refractivity contribution in [3.05, 3.63) is 40.5 Å². The van der Waals surface area contributed by atoms with Crippen LogP contribution in [0.2, 0.25) is 0 Å². The number of ether oxygens (including phenoxy) is 1. The van der Waals surface area contributed by atoms with Gasteiger partial charge in [0.2, 0.25) is 5.88 Å². The quantitative estimate of drug-likeness (QED) is 0.658. The highest BCUT2D eigenvalue weighted by Crippen LogP contribution is 2.33. The van der Waals surface area contributed by atoms with Crippen LogP contribution < -0.4 is 4.74 Å². The molecule has 1 heterocycles. The summed E-state index contributed by atoms with van der Waals surface area (Å²) in [5.74, 6) is -2.28. The van der Waals surface area contributed by atoms with E-state index in [1.54, 1.807) is 18.2 Å². The molecule has 102 valence electrons. The van der Waals surface area contributed by atoms with Crippen LogP contribution in [0.3, 0.4) is 0 Å². The van der Waals surface area contributed by atoms with Crippen molar-refractivity contribution in [1.29, 1.82) is 0 Å². The van der Waals surface area contributed by atoms with E-state index >= 15 is 0 Å². The van der Waals surface area contributed by atoms with E-state index in [9.17, 15) is 8.78 Å². The molecule has 0 radical (unpaired) electrons. The molecule has 0 saturated carbocycles. The molecule has 0 aliphatic carbocycles. The predicted molar refractivity (Wildman–Crippen MR) is 69.7 cm³/mol. The lowest BCUT2D eigenvalue weighted by Gasteiger charge is -2.11. The van der Waals surface area contributed by atoms with Crippen LogP contribution in [0.1, 0.15) is 5.56 Å². The molecule has 19 heavy (non-hydrogen) atoms. The van der Waals surface area contributed by atoms with Crippen LogP contribution in [0.4, 0.5) is 8.78 Å². The SMILES string of the molecule is On1ccc(OCc2c(Br)cccc2SC(F)F)n1. The molecular formula is C11H9BrF2N2O2S.